The average Bonchev–Trinajstić information content (AvgIpc) is 2.27. The zero-order valence-corrected chi connectivity index (χ0v) is 13.3. The van der Waals surface area contributed by atoms with Gasteiger partial charge in [-0.1, -0.05) is 49.6 Å². The van der Waals surface area contributed by atoms with Crippen LogP contribution in [0, 0.1) is 5.92 Å². The monoisotopic (exact) mass is 262 g/mol. The highest BCUT2D eigenvalue weighted by Gasteiger charge is 1.95. The second-order valence-corrected chi connectivity index (χ2v) is 5.86. The highest BCUT2D eigenvalue weighted by molar-refractivity contribution is 5.87. The Bertz CT molecular complexity index is 343. The molecular formula is C18H30O. The second kappa shape index (κ2) is 10.8. The first-order chi connectivity index (χ1) is 8.91. The van der Waals surface area contributed by atoms with Gasteiger partial charge < -0.3 is 0 Å². The van der Waals surface area contributed by atoms with E-state index in [1.165, 1.54) is 30.4 Å². The van der Waals surface area contributed by atoms with Gasteiger partial charge in [0.15, 0.2) is 5.78 Å². The lowest BCUT2D eigenvalue weighted by atomic mass is 10.0. The Hall–Kier alpha value is -1.11. The molecule has 0 radical (unpaired) electrons. The smallest absolute Gasteiger partial charge is 0.152 e. The lowest BCUT2D eigenvalue weighted by Crippen LogP contribution is -1.87. The van der Waals surface area contributed by atoms with Gasteiger partial charge in [0.25, 0.3) is 0 Å². The van der Waals surface area contributed by atoms with E-state index in [0.717, 1.165) is 18.8 Å². The predicted octanol–water partition coefficient (Wildman–Crippen LogP) is 5.63. The number of hydrogen-bond acceptors (Lipinski definition) is 1. The van der Waals surface area contributed by atoms with E-state index in [1.54, 1.807) is 13.0 Å². The fourth-order valence-corrected chi connectivity index (χ4v) is 1.87. The maximum Gasteiger partial charge on any atom is 0.152 e. The van der Waals surface area contributed by atoms with Crippen LogP contribution >= 0.6 is 0 Å². The highest BCUT2D eigenvalue weighted by atomic mass is 16.1. The first kappa shape index (κ1) is 17.9. The van der Waals surface area contributed by atoms with Gasteiger partial charge in [0, 0.05) is 0 Å². The van der Waals surface area contributed by atoms with Gasteiger partial charge in [-0.25, -0.2) is 0 Å². The van der Waals surface area contributed by atoms with Crippen molar-refractivity contribution in [2.75, 3.05) is 0 Å². The van der Waals surface area contributed by atoms with Crippen molar-refractivity contribution in [1.29, 1.82) is 0 Å². The van der Waals surface area contributed by atoms with Crippen molar-refractivity contribution in [3.8, 4) is 0 Å². The number of allylic oxidation sites excluding steroid dienone is 6. The van der Waals surface area contributed by atoms with Crippen molar-refractivity contribution in [3.05, 3.63) is 35.5 Å². The van der Waals surface area contributed by atoms with Crippen LogP contribution in [-0.2, 0) is 4.79 Å². The Morgan fingerprint density at radius 3 is 2.32 bits per heavy atom. The lowest BCUT2D eigenvalue weighted by Gasteiger charge is -2.05. The summed E-state index contributed by atoms with van der Waals surface area (Å²) in [4.78, 5) is 10.8. The minimum Gasteiger partial charge on any atom is -0.295 e. The van der Waals surface area contributed by atoms with Gasteiger partial charge in [-0.05, 0) is 58.4 Å². The first-order valence-corrected chi connectivity index (χ1v) is 7.42. The molecule has 0 unspecified atom stereocenters. The molecule has 0 bridgehead atoms. The molecule has 0 rings (SSSR count). The molecule has 0 atom stereocenters. The summed E-state index contributed by atoms with van der Waals surface area (Å²) in [6.45, 7) is 10.5. The third-order valence-corrected chi connectivity index (χ3v) is 3.10. The van der Waals surface area contributed by atoms with Crippen molar-refractivity contribution in [2.45, 2.75) is 66.7 Å². The van der Waals surface area contributed by atoms with Crippen LogP contribution in [0.5, 0.6) is 0 Å². The third-order valence-electron chi connectivity index (χ3n) is 3.10. The van der Waals surface area contributed by atoms with Gasteiger partial charge >= 0.3 is 0 Å². The summed E-state index contributed by atoms with van der Waals surface area (Å²) in [5, 5.41) is 0. The summed E-state index contributed by atoms with van der Waals surface area (Å²) in [6.07, 6.45) is 13.9. The SMILES string of the molecule is CC(=O)/C=C/C=C(\C)CC/C=C(\C)CCCC(C)C. The third kappa shape index (κ3) is 13.1. The Morgan fingerprint density at radius 1 is 1.05 bits per heavy atom. The van der Waals surface area contributed by atoms with Crippen LogP contribution in [0.25, 0.3) is 0 Å². The summed E-state index contributed by atoms with van der Waals surface area (Å²) >= 11 is 0. The summed E-state index contributed by atoms with van der Waals surface area (Å²) in [5.41, 5.74) is 2.83. The second-order valence-electron chi connectivity index (χ2n) is 5.86. The van der Waals surface area contributed by atoms with Gasteiger partial charge in [0.2, 0.25) is 0 Å². The molecule has 0 saturated heterocycles. The zero-order valence-electron chi connectivity index (χ0n) is 13.3. The van der Waals surface area contributed by atoms with E-state index < -0.39 is 0 Å². The zero-order chi connectivity index (χ0) is 14.7. The topological polar surface area (TPSA) is 17.1 Å². The van der Waals surface area contributed by atoms with Gasteiger partial charge in [0.05, 0.1) is 0 Å². The molecule has 1 nitrogen and oxygen atoms in total. The van der Waals surface area contributed by atoms with E-state index >= 15 is 0 Å². The summed E-state index contributed by atoms with van der Waals surface area (Å²) in [6, 6.07) is 0. The highest BCUT2D eigenvalue weighted by Crippen LogP contribution is 2.13. The molecular weight excluding hydrogens is 232 g/mol. The van der Waals surface area contributed by atoms with Crippen LogP contribution in [0.1, 0.15) is 66.7 Å². The standard InChI is InChI=1S/C18H30O/c1-15(2)9-6-10-16(3)11-7-12-17(4)13-8-14-18(5)19/h8,11,13-15H,6-7,9-10,12H2,1-5H3/b14-8+,16-11+,17-13+. The normalized spacial score (nSPS) is 13.6. The fourth-order valence-electron chi connectivity index (χ4n) is 1.87. The van der Waals surface area contributed by atoms with E-state index in [2.05, 4.69) is 33.8 Å². The Kier molecular flexibility index (Phi) is 10.1. The molecule has 0 aromatic rings. The van der Waals surface area contributed by atoms with Crippen LogP contribution in [0.3, 0.4) is 0 Å². The van der Waals surface area contributed by atoms with Crippen molar-refractivity contribution < 1.29 is 4.79 Å². The molecule has 0 fully saturated rings. The number of carbonyl (C=O) groups excluding carboxylic acids is 1. The van der Waals surface area contributed by atoms with E-state index in [-0.39, 0.29) is 5.78 Å². The minimum absolute atomic E-state index is 0.102. The molecule has 19 heavy (non-hydrogen) atoms. The van der Waals surface area contributed by atoms with Crippen molar-refractivity contribution in [2.24, 2.45) is 5.92 Å². The molecule has 0 heterocycles. The number of carbonyl (C=O) groups is 1. The summed E-state index contributed by atoms with van der Waals surface area (Å²) in [7, 11) is 0. The maximum absolute atomic E-state index is 10.8. The summed E-state index contributed by atoms with van der Waals surface area (Å²) in [5.74, 6) is 0.913. The molecule has 108 valence electrons. The molecule has 0 aromatic heterocycles. The van der Waals surface area contributed by atoms with Crippen molar-refractivity contribution >= 4 is 5.78 Å². The minimum atomic E-state index is 0.102. The van der Waals surface area contributed by atoms with Crippen molar-refractivity contribution in [3.63, 3.8) is 0 Å². The van der Waals surface area contributed by atoms with E-state index in [4.69, 9.17) is 0 Å². The number of hydrogen-bond donors (Lipinski definition) is 0. The van der Waals surface area contributed by atoms with Crippen LogP contribution in [0.2, 0.25) is 0 Å². The number of ketones is 1. The lowest BCUT2D eigenvalue weighted by molar-refractivity contribution is -0.112. The van der Waals surface area contributed by atoms with Crippen LogP contribution in [0.4, 0.5) is 0 Å². The molecule has 0 aliphatic heterocycles. The molecule has 0 saturated carbocycles. The Morgan fingerprint density at radius 2 is 1.74 bits per heavy atom. The van der Waals surface area contributed by atoms with E-state index in [1.807, 2.05) is 12.2 Å². The van der Waals surface area contributed by atoms with Gasteiger partial charge in [-0.15, -0.1) is 0 Å². The summed E-state index contributed by atoms with van der Waals surface area (Å²) < 4.78 is 0. The average molecular weight is 262 g/mol. The van der Waals surface area contributed by atoms with Crippen molar-refractivity contribution in [1.82, 2.24) is 0 Å². The molecule has 0 aliphatic rings. The Labute approximate surface area is 119 Å². The van der Waals surface area contributed by atoms with Crippen LogP contribution in [-0.4, -0.2) is 5.78 Å². The molecule has 0 amide bonds. The van der Waals surface area contributed by atoms with E-state index in [9.17, 15) is 4.79 Å². The van der Waals surface area contributed by atoms with Gasteiger partial charge in [0.1, 0.15) is 0 Å². The largest absolute Gasteiger partial charge is 0.295 e. The quantitative estimate of drug-likeness (QED) is 0.299. The van der Waals surface area contributed by atoms with E-state index in [0.29, 0.717) is 0 Å². The molecule has 1 heteroatoms. The molecule has 0 aliphatic carbocycles. The maximum atomic E-state index is 10.8. The Balaban J connectivity index is 3.89. The fraction of sp³-hybridized carbons (Fsp3) is 0.611. The molecule has 0 N–H and O–H groups in total. The molecule has 0 aromatic carbocycles. The molecule has 0 spiro atoms. The van der Waals surface area contributed by atoms with Gasteiger partial charge in [-0.3, -0.25) is 4.79 Å². The van der Waals surface area contributed by atoms with Crippen LogP contribution in [0.15, 0.2) is 35.5 Å². The first-order valence-electron chi connectivity index (χ1n) is 7.42. The van der Waals surface area contributed by atoms with Crippen LogP contribution < -0.4 is 0 Å². The predicted molar refractivity (Wildman–Crippen MR) is 85.3 cm³/mol. The van der Waals surface area contributed by atoms with Gasteiger partial charge in [-0.2, -0.15) is 0 Å². The number of rotatable bonds is 9.